The van der Waals surface area contributed by atoms with Gasteiger partial charge in [0.1, 0.15) is 6.10 Å². The molecule has 3 heterocycles. The van der Waals surface area contributed by atoms with E-state index in [1.54, 1.807) is 11.3 Å². The average Bonchev–Trinajstić information content (AvgIpc) is 3.26. The predicted molar refractivity (Wildman–Crippen MR) is 120 cm³/mol. The molecule has 1 unspecified atom stereocenters. The lowest BCUT2D eigenvalue weighted by atomic mass is 10.1. The summed E-state index contributed by atoms with van der Waals surface area (Å²) in [7, 11) is 3.77. The fourth-order valence-electron chi connectivity index (χ4n) is 3.10. The van der Waals surface area contributed by atoms with Crippen LogP contribution in [0.5, 0.6) is 0 Å². The molecule has 9 heteroatoms. The average molecular weight is 504 g/mol. The van der Waals surface area contributed by atoms with E-state index in [0.717, 1.165) is 56.1 Å². The first-order valence-electron chi connectivity index (χ1n) is 9.12. The van der Waals surface area contributed by atoms with Crippen molar-refractivity contribution in [2.45, 2.75) is 32.3 Å². The molecule has 1 atom stereocenters. The van der Waals surface area contributed by atoms with Crippen molar-refractivity contribution in [2.24, 2.45) is 12.0 Å². The van der Waals surface area contributed by atoms with Gasteiger partial charge >= 0.3 is 0 Å². The zero-order chi connectivity index (χ0) is 18.4. The molecule has 1 N–H and O–H groups in total. The van der Waals surface area contributed by atoms with Gasteiger partial charge in [0.2, 0.25) is 0 Å². The van der Waals surface area contributed by atoms with Crippen molar-refractivity contribution in [1.82, 2.24) is 25.0 Å². The molecule has 0 saturated carbocycles. The normalized spacial score (nSPS) is 17.7. The van der Waals surface area contributed by atoms with Gasteiger partial charge in [0.25, 0.3) is 0 Å². The minimum Gasteiger partial charge on any atom is -0.370 e. The van der Waals surface area contributed by atoms with Crippen molar-refractivity contribution in [1.29, 1.82) is 0 Å². The summed E-state index contributed by atoms with van der Waals surface area (Å²) in [5, 5.41) is 11.1. The molecule has 0 aromatic carbocycles. The Morgan fingerprint density at radius 2 is 2.30 bits per heavy atom. The Labute approximate surface area is 182 Å². The lowest BCUT2D eigenvalue weighted by Gasteiger charge is -2.34. The number of morpholine rings is 1. The van der Waals surface area contributed by atoms with E-state index >= 15 is 0 Å². The van der Waals surface area contributed by atoms with E-state index in [2.05, 4.69) is 30.7 Å². The molecule has 27 heavy (non-hydrogen) atoms. The molecule has 3 rings (SSSR count). The SMILES string of the molecule is CN=C(NCCCCc1nc(C)cs1)N1CCOC(c2cnn(C)c2)C1.I. The van der Waals surface area contributed by atoms with Crippen LogP contribution in [0.15, 0.2) is 22.8 Å². The van der Waals surface area contributed by atoms with Crippen molar-refractivity contribution in [2.75, 3.05) is 33.3 Å². The first-order chi connectivity index (χ1) is 12.7. The predicted octanol–water partition coefficient (Wildman–Crippen LogP) is 2.77. The van der Waals surface area contributed by atoms with Crippen LogP contribution in [-0.4, -0.2) is 58.9 Å². The molecule has 0 radical (unpaired) electrons. The molecular formula is C18H29IN6OS. The van der Waals surface area contributed by atoms with Crippen LogP contribution in [0.25, 0.3) is 0 Å². The number of nitrogens with zero attached hydrogens (tertiary/aromatic N) is 5. The monoisotopic (exact) mass is 504 g/mol. The van der Waals surface area contributed by atoms with E-state index in [1.165, 1.54) is 5.01 Å². The molecule has 1 aliphatic heterocycles. The second-order valence-corrected chi connectivity index (χ2v) is 7.51. The number of rotatable bonds is 6. The minimum absolute atomic E-state index is 0. The van der Waals surface area contributed by atoms with Crippen molar-refractivity contribution in [3.63, 3.8) is 0 Å². The zero-order valence-electron chi connectivity index (χ0n) is 16.2. The van der Waals surface area contributed by atoms with Gasteiger partial charge in [-0.15, -0.1) is 35.3 Å². The third-order valence-electron chi connectivity index (χ3n) is 4.44. The molecular weight excluding hydrogens is 475 g/mol. The molecule has 1 fully saturated rings. The zero-order valence-corrected chi connectivity index (χ0v) is 19.4. The van der Waals surface area contributed by atoms with Crippen LogP contribution in [0.3, 0.4) is 0 Å². The van der Waals surface area contributed by atoms with E-state index in [1.807, 2.05) is 38.1 Å². The Kier molecular flexibility index (Phi) is 8.97. The second-order valence-electron chi connectivity index (χ2n) is 6.57. The van der Waals surface area contributed by atoms with Crippen LogP contribution in [0, 0.1) is 6.92 Å². The number of aromatic nitrogens is 3. The maximum atomic E-state index is 5.91. The summed E-state index contributed by atoms with van der Waals surface area (Å²) < 4.78 is 7.73. The molecule has 1 saturated heterocycles. The van der Waals surface area contributed by atoms with Crippen molar-refractivity contribution in [3.8, 4) is 0 Å². The van der Waals surface area contributed by atoms with E-state index in [-0.39, 0.29) is 30.1 Å². The van der Waals surface area contributed by atoms with Gasteiger partial charge in [0, 0.05) is 50.0 Å². The van der Waals surface area contributed by atoms with Gasteiger partial charge in [-0.3, -0.25) is 9.67 Å². The fraction of sp³-hybridized carbons (Fsp3) is 0.611. The molecule has 0 spiro atoms. The van der Waals surface area contributed by atoms with Crippen LogP contribution < -0.4 is 5.32 Å². The quantitative estimate of drug-likeness (QED) is 0.284. The molecule has 1 aliphatic rings. The molecule has 0 amide bonds. The molecule has 2 aromatic heterocycles. The summed E-state index contributed by atoms with van der Waals surface area (Å²) in [5.41, 5.74) is 2.24. The Morgan fingerprint density at radius 3 is 2.96 bits per heavy atom. The maximum absolute atomic E-state index is 5.91. The van der Waals surface area contributed by atoms with Gasteiger partial charge in [0.15, 0.2) is 5.96 Å². The summed E-state index contributed by atoms with van der Waals surface area (Å²) in [6, 6.07) is 0. The Balaban J connectivity index is 0.00000261. The van der Waals surface area contributed by atoms with Gasteiger partial charge in [-0.05, 0) is 26.2 Å². The molecule has 150 valence electrons. The highest BCUT2D eigenvalue weighted by Crippen LogP contribution is 2.21. The lowest BCUT2D eigenvalue weighted by Crippen LogP contribution is -2.48. The number of guanidine groups is 1. The van der Waals surface area contributed by atoms with Crippen molar-refractivity contribution >= 4 is 41.3 Å². The van der Waals surface area contributed by atoms with Crippen molar-refractivity contribution < 1.29 is 4.74 Å². The van der Waals surface area contributed by atoms with Gasteiger partial charge in [-0.2, -0.15) is 5.10 Å². The third-order valence-corrected chi connectivity index (χ3v) is 5.47. The summed E-state index contributed by atoms with van der Waals surface area (Å²) in [5.74, 6) is 0.951. The van der Waals surface area contributed by atoms with Crippen LogP contribution in [0.4, 0.5) is 0 Å². The highest BCUT2D eigenvalue weighted by atomic mass is 127. The largest absolute Gasteiger partial charge is 0.370 e. The summed E-state index contributed by atoms with van der Waals surface area (Å²) in [6.45, 7) is 5.32. The molecule has 0 aliphatic carbocycles. The number of thiazole rings is 1. The molecule has 0 bridgehead atoms. The second kappa shape index (κ2) is 11.0. The number of nitrogens with one attached hydrogen (secondary N) is 1. The van der Waals surface area contributed by atoms with Gasteiger partial charge < -0.3 is 15.0 Å². The van der Waals surface area contributed by atoms with Crippen LogP contribution in [0.2, 0.25) is 0 Å². The van der Waals surface area contributed by atoms with E-state index in [9.17, 15) is 0 Å². The minimum atomic E-state index is 0. The molecule has 2 aromatic rings. The highest BCUT2D eigenvalue weighted by molar-refractivity contribution is 14.0. The number of ether oxygens (including phenoxy) is 1. The fourth-order valence-corrected chi connectivity index (χ4v) is 3.92. The van der Waals surface area contributed by atoms with Gasteiger partial charge in [-0.25, -0.2) is 4.98 Å². The van der Waals surface area contributed by atoms with E-state index in [0.29, 0.717) is 6.61 Å². The first-order valence-corrected chi connectivity index (χ1v) is 10.0. The lowest BCUT2D eigenvalue weighted by molar-refractivity contribution is -0.00802. The van der Waals surface area contributed by atoms with Gasteiger partial charge in [0.05, 0.1) is 24.4 Å². The number of unbranched alkanes of at least 4 members (excludes halogenated alkanes) is 1. The highest BCUT2D eigenvalue weighted by Gasteiger charge is 2.24. The summed E-state index contributed by atoms with van der Waals surface area (Å²) >= 11 is 1.76. The number of halogens is 1. The van der Waals surface area contributed by atoms with Crippen LogP contribution in [0.1, 0.15) is 35.2 Å². The number of aliphatic imine (C=N–C) groups is 1. The number of hydrogen-bond acceptors (Lipinski definition) is 5. The third kappa shape index (κ3) is 6.42. The standard InChI is InChI=1S/C18H28N6OS.HI/c1-14-13-26-17(22-14)6-4-5-7-20-18(19-2)24-8-9-25-16(12-24)15-10-21-23(3)11-15;/h10-11,13,16H,4-9,12H2,1-3H3,(H,19,20);1H. The maximum Gasteiger partial charge on any atom is 0.193 e. The smallest absolute Gasteiger partial charge is 0.193 e. The topological polar surface area (TPSA) is 67.6 Å². The Morgan fingerprint density at radius 1 is 1.44 bits per heavy atom. The number of aryl methyl sites for hydroxylation is 3. The van der Waals surface area contributed by atoms with E-state index in [4.69, 9.17) is 4.74 Å². The number of hydrogen-bond donors (Lipinski definition) is 1. The van der Waals surface area contributed by atoms with Crippen molar-refractivity contribution in [3.05, 3.63) is 34.0 Å². The Bertz CT molecular complexity index is 731. The first kappa shape index (κ1) is 22.1. The van der Waals surface area contributed by atoms with E-state index < -0.39 is 0 Å². The van der Waals surface area contributed by atoms with Gasteiger partial charge in [-0.1, -0.05) is 0 Å². The molecule has 7 nitrogen and oxygen atoms in total. The summed E-state index contributed by atoms with van der Waals surface area (Å²) in [4.78, 5) is 11.2. The van der Waals surface area contributed by atoms with Crippen LogP contribution >= 0.6 is 35.3 Å². The Hall–Kier alpha value is -1.20. The van der Waals surface area contributed by atoms with Crippen LogP contribution in [-0.2, 0) is 18.2 Å². The summed E-state index contributed by atoms with van der Waals surface area (Å²) in [6.07, 6.45) is 7.24.